The number of rotatable bonds is 3. The summed E-state index contributed by atoms with van der Waals surface area (Å²) >= 11 is 0. The third kappa shape index (κ3) is 2.05. The van der Waals surface area contributed by atoms with Crippen LogP contribution in [0.1, 0.15) is 18.1 Å². The molecule has 1 aromatic heterocycles. The van der Waals surface area contributed by atoms with Gasteiger partial charge in [-0.1, -0.05) is 5.16 Å². The van der Waals surface area contributed by atoms with Gasteiger partial charge in [0.15, 0.2) is 5.82 Å². The van der Waals surface area contributed by atoms with Crippen molar-refractivity contribution < 1.29 is 9.63 Å². The van der Waals surface area contributed by atoms with Gasteiger partial charge in [-0.25, -0.2) is 0 Å². The van der Waals surface area contributed by atoms with Crippen LogP contribution in [0.25, 0.3) is 0 Å². The molecule has 72 valence electrons. The molecule has 2 N–H and O–H groups in total. The molecular formula is C8H13N3O2. The normalized spacial score (nSPS) is 22.4. The van der Waals surface area contributed by atoms with Crippen LogP contribution in [0, 0.1) is 5.92 Å². The van der Waals surface area contributed by atoms with Crippen LogP contribution < -0.4 is 5.32 Å². The van der Waals surface area contributed by atoms with E-state index in [9.17, 15) is 0 Å². The van der Waals surface area contributed by atoms with Crippen molar-refractivity contribution in [3.8, 4) is 0 Å². The van der Waals surface area contributed by atoms with Gasteiger partial charge in [-0.3, -0.25) is 0 Å². The summed E-state index contributed by atoms with van der Waals surface area (Å²) < 4.78 is 4.79. The van der Waals surface area contributed by atoms with Gasteiger partial charge in [-0.05, 0) is 25.4 Å². The molecule has 0 bridgehead atoms. The molecule has 2 rings (SSSR count). The molecule has 0 saturated carbocycles. The summed E-state index contributed by atoms with van der Waals surface area (Å²) in [5, 5.41) is 15.8. The van der Waals surface area contributed by atoms with E-state index in [0.717, 1.165) is 19.5 Å². The quantitative estimate of drug-likeness (QED) is 0.674. The van der Waals surface area contributed by atoms with Gasteiger partial charge in [0, 0.05) is 6.42 Å². The van der Waals surface area contributed by atoms with E-state index in [2.05, 4.69) is 15.5 Å². The number of aliphatic hydroxyl groups excluding tert-OH is 1. The van der Waals surface area contributed by atoms with Gasteiger partial charge in [-0.15, -0.1) is 0 Å². The monoisotopic (exact) mass is 183 g/mol. The zero-order chi connectivity index (χ0) is 9.10. The van der Waals surface area contributed by atoms with Crippen molar-refractivity contribution in [2.45, 2.75) is 19.4 Å². The highest BCUT2D eigenvalue weighted by Gasteiger charge is 2.17. The Morgan fingerprint density at radius 3 is 3.15 bits per heavy atom. The van der Waals surface area contributed by atoms with Crippen molar-refractivity contribution in [3.05, 3.63) is 11.7 Å². The molecule has 0 aromatic carbocycles. The van der Waals surface area contributed by atoms with Crippen molar-refractivity contribution >= 4 is 0 Å². The Morgan fingerprint density at radius 1 is 1.62 bits per heavy atom. The highest BCUT2D eigenvalue weighted by atomic mass is 16.5. The Balaban J connectivity index is 1.92. The van der Waals surface area contributed by atoms with Crippen molar-refractivity contribution in [3.63, 3.8) is 0 Å². The third-order valence-electron chi connectivity index (χ3n) is 2.28. The Hall–Kier alpha value is -0.940. The molecule has 5 nitrogen and oxygen atoms in total. The number of aliphatic hydroxyl groups is 1. The Kier molecular flexibility index (Phi) is 2.56. The van der Waals surface area contributed by atoms with Crippen LogP contribution in [0.2, 0.25) is 0 Å². The molecule has 1 aromatic rings. The molecule has 0 amide bonds. The summed E-state index contributed by atoms with van der Waals surface area (Å²) in [5.74, 6) is 1.63. The van der Waals surface area contributed by atoms with E-state index in [1.807, 2.05) is 0 Å². The minimum atomic E-state index is -0.171. The second kappa shape index (κ2) is 3.85. The maximum Gasteiger partial charge on any atom is 0.252 e. The average Bonchev–Trinajstić information content (AvgIpc) is 2.76. The maximum atomic E-state index is 8.70. The van der Waals surface area contributed by atoms with Crippen molar-refractivity contribution in [1.82, 2.24) is 15.5 Å². The predicted octanol–water partition coefficient (Wildman–Crippen LogP) is -0.286. The number of nitrogens with zero attached hydrogens (tertiary/aromatic N) is 2. The first-order chi connectivity index (χ1) is 6.38. The highest BCUT2D eigenvalue weighted by molar-refractivity contribution is 4.89. The number of nitrogens with one attached hydrogen (secondary N) is 1. The van der Waals surface area contributed by atoms with Crippen molar-refractivity contribution in [2.75, 3.05) is 13.1 Å². The van der Waals surface area contributed by atoms with Gasteiger partial charge in [0.1, 0.15) is 6.61 Å². The van der Waals surface area contributed by atoms with Gasteiger partial charge < -0.3 is 14.9 Å². The topological polar surface area (TPSA) is 71.2 Å². The molecule has 0 radical (unpaired) electrons. The van der Waals surface area contributed by atoms with Crippen LogP contribution >= 0.6 is 0 Å². The van der Waals surface area contributed by atoms with E-state index in [1.54, 1.807) is 0 Å². The van der Waals surface area contributed by atoms with E-state index < -0.39 is 0 Å². The van der Waals surface area contributed by atoms with Crippen molar-refractivity contribution in [1.29, 1.82) is 0 Å². The molecule has 13 heavy (non-hydrogen) atoms. The summed E-state index contributed by atoms with van der Waals surface area (Å²) in [5.41, 5.74) is 0. The van der Waals surface area contributed by atoms with E-state index in [0.29, 0.717) is 17.6 Å². The smallest absolute Gasteiger partial charge is 0.252 e. The zero-order valence-electron chi connectivity index (χ0n) is 7.36. The zero-order valence-corrected chi connectivity index (χ0v) is 7.36. The molecule has 2 heterocycles. The van der Waals surface area contributed by atoms with Crippen LogP contribution in [0.4, 0.5) is 0 Å². The fourth-order valence-electron chi connectivity index (χ4n) is 1.58. The predicted molar refractivity (Wildman–Crippen MR) is 44.9 cm³/mol. The fraction of sp³-hybridized carbons (Fsp3) is 0.750. The lowest BCUT2D eigenvalue weighted by molar-refractivity contribution is 0.222. The lowest BCUT2D eigenvalue weighted by atomic mass is 10.1. The van der Waals surface area contributed by atoms with Crippen LogP contribution in [-0.4, -0.2) is 28.3 Å². The second-order valence-corrected chi connectivity index (χ2v) is 3.33. The summed E-state index contributed by atoms with van der Waals surface area (Å²) in [6.45, 7) is 1.94. The Morgan fingerprint density at radius 2 is 2.54 bits per heavy atom. The van der Waals surface area contributed by atoms with Gasteiger partial charge in [-0.2, -0.15) is 4.98 Å². The van der Waals surface area contributed by atoms with E-state index in [1.165, 1.54) is 6.42 Å². The first-order valence-electron chi connectivity index (χ1n) is 4.51. The molecular weight excluding hydrogens is 170 g/mol. The summed E-state index contributed by atoms with van der Waals surface area (Å²) in [6, 6.07) is 0. The third-order valence-corrected chi connectivity index (χ3v) is 2.28. The lowest BCUT2D eigenvalue weighted by Crippen LogP contribution is -2.11. The first kappa shape index (κ1) is 8.65. The maximum absolute atomic E-state index is 8.70. The van der Waals surface area contributed by atoms with Crippen LogP contribution in [-0.2, 0) is 13.0 Å². The van der Waals surface area contributed by atoms with Gasteiger partial charge >= 0.3 is 0 Å². The van der Waals surface area contributed by atoms with E-state index >= 15 is 0 Å². The number of hydrogen-bond acceptors (Lipinski definition) is 5. The van der Waals surface area contributed by atoms with E-state index in [-0.39, 0.29) is 6.61 Å². The number of hydrogen-bond donors (Lipinski definition) is 2. The molecule has 1 unspecified atom stereocenters. The molecule has 1 aliphatic heterocycles. The number of aromatic nitrogens is 2. The van der Waals surface area contributed by atoms with Gasteiger partial charge in [0.25, 0.3) is 5.89 Å². The Labute approximate surface area is 76.1 Å². The molecule has 1 atom stereocenters. The molecule has 1 fully saturated rings. The van der Waals surface area contributed by atoms with Crippen LogP contribution in [0.5, 0.6) is 0 Å². The van der Waals surface area contributed by atoms with Gasteiger partial charge in [0.2, 0.25) is 0 Å². The molecule has 1 saturated heterocycles. The molecule has 1 aliphatic rings. The minimum Gasteiger partial charge on any atom is -0.387 e. The molecule has 5 heteroatoms. The largest absolute Gasteiger partial charge is 0.387 e. The van der Waals surface area contributed by atoms with E-state index in [4.69, 9.17) is 9.63 Å². The second-order valence-electron chi connectivity index (χ2n) is 3.33. The molecule has 0 spiro atoms. The lowest BCUT2D eigenvalue weighted by Gasteiger charge is -2.01. The average molecular weight is 183 g/mol. The highest BCUT2D eigenvalue weighted by Crippen LogP contribution is 2.12. The fourth-order valence-corrected chi connectivity index (χ4v) is 1.58. The first-order valence-corrected chi connectivity index (χ1v) is 4.51. The van der Waals surface area contributed by atoms with Crippen LogP contribution in [0.15, 0.2) is 4.52 Å². The summed E-state index contributed by atoms with van der Waals surface area (Å²) in [6.07, 6.45) is 2.01. The summed E-state index contributed by atoms with van der Waals surface area (Å²) in [7, 11) is 0. The van der Waals surface area contributed by atoms with Crippen LogP contribution in [0.3, 0.4) is 0 Å². The standard InChI is InChI=1S/C8H13N3O2/c12-5-8-10-7(11-13-8)3-6-1-2-9-4-6/h6,9,12H,1-5H2. The Bertz CT molecular complexity index is 268. The van der Waals surface area contributed by atoms with Crippen molar-refractivity contribution in [2.24, 2.45) is 5.92 Å². The molecule has 0 aliphatic carbocycles. The minimum absolute atomic E-state index is 0.171. The summed E-state index contributed by atoms with van der Waals surface area (Å²) in [4.78, 5) is 4.04. The van der Waals surface area contributed by atoms with Gasteiger partial charge in [0.05, 0.1) is 0 Å². The SMILES string of the molecule is OCc1nc(CC2CCNC2)no1.